The van der Waals surface area contributed by atoms with E-state index in [1.807, 2.05) is 0 Å². The van der Waals surface area contributed by atoms with Crippen LogP contribution in [0.15, 0.2) is 0 Å². The van der Waals surface area contributed by atoms with Crippen LogP contribution >= 0.6 is 0 Å². The van der Waals surface area contributed by atoms with Crippen LogP contribution in [0, 0.1) is 0 Å². The van der Waals surface area contributed by atoms with Crippen LogP contribution in [-0.4, -0.2) is 56.5 Å². The highest BCUT2D eigenvalue weighted by Gasteiger charge is 2.56. The first-order chi connectivity index (χ1) is 6.31. The Hall–Kier alpha value is -0.730. The van der Waals surface area contributed by atoms with Crippen LogP contribution in [0.1, 0.15) is 6.92 Å². The van der Waals surface area contributed by atoms with Gasteiger partial charge in [0.05, 0.1) is 6.10 Å². The SMILES string of the molecule is CC1O[C@@H](O)[C@H](O)[C@H](O)[C@@]1(N)C(=O)O. The lowest BCUT2D eigenvalue weighted by molar-refractivity contribution is -0.269. The molecule has 7 nitrogen and oxygen atoms in total. The molecule has 1 unspecified atom stereocenters. The van der Waals surface area contributed by atoms with Crippen LogP contribution < -0.4 is 5.73 Å². The molecule has 0 aliphatic carbocycles. The van der Waals surface area contributed by atoms with Gasteiger partial charge in [0.1, 0.15) is 12.2 Å². The number of ether oxygens (including phenoxy) is 1. The smallest absolute Gasteiger partial charge is 0.329 e. The van der Waals surface area contributed by atoms with E-state index in [0.717, 1.165) is 0 Å². The van der Waals surface area contributed by atoms with Gasteiger partial charge in [-0.1, -0.05) is 0 Å². The minimum Gasteiger partial charge on any atom is -0.480 e. The summed E-state index contributed by atoms with van der Waals surface area (Å²) >= 11 is 0. The number of hydrogen-bond donors (Lipinski definition) is 5. The van der Waals surface area contributed by atoms with Crippen LogP contribution in [-0.2, 0) is 9.53 Å². The van der Waals surface area contributed by atoms with Crippen LogP contribution in [0.5, 0.6) is 0 Å². The van der Waals surface area contributed by atoms with Gasteiger partial charge in [-0.25, -0.2) is 0 Å². The maximum atomic E-state index is 10.8. The highest BCUT2D eigenvalue weighted by molar-refractivity contribution is 5.80. The fourth-order valence-corrected chi connectivity index (χ4v) is 1.38. The molecule has 5 atom stereocenters. The van der Waals surface area contributed by atoms with Crippen molar-refractivity contribution in [1.29, 1.82) is 0 Å². The maximum absolute atomic E-state index is 10.8. The van der Waals surface area contributed by atoms with E-state index in [2.05, 4.69) is 4.74 Å². The third-order valence-corrected chi connectivity index (χ3v) is 2.49. The molecule has 0 aromatic heterocycles. The lowest BCUT2D eigenvalue weighted by Gasteiger charge is -2.44. The molecule has 0 saturated carbocycles. The molecule has 1 aliphatic rings. The predicted octanol–water partition coefficient (Wildman–Crippen LogP) is -2.77. The van der Waals surface area contributed by atoms with Crippen LogP contribution in [0.25, 0.3) is 0 Å². The van der Waals surface area contributed by atoms with E-state index < -0.39 is 36.1 Å². The zero-order valence-electron chi connectivity index (χ0n) is 7.49. The average molecular weight is 207 g/mol. The van der Waals surface area contributed by atoms with Crippen molar-refractivity contribution in [3.8, 4) is 0 Å². The summed E-state index contributed by atoms with van der Waals surface area (Å²) in [5.41, 5.74) is 3.28. The lowest BCUT2D eigenvalue weighted by atomic mass is 9.82. The molecule has 0 aromatic rings. The van der Waals surface area contributed by atoms with Crippen LogP contribution in [0.4, 0.5) is 0 Å². The lowest BCUT2D eigenvalue weighted by Crippen LogP contribution is -2.73. The van der Waals surface area contributed by atoms with Gasteiger partial charge in [-0.15, -0.1) is 0 Å². The van der Waals surface area contributed by atoms with Crippen LogP contribution in [0.3, 0.4) is 0 Å². The van der Waals surface area contributed by atoms with Crippen molar-refractivity contribution < 1.29 is 30.0 Å². The zero-order valence-corrected chi connectivity index (χ0v) is 7.49. The first-order valence-corrected chi connectivity index (χ1v) is 4.03. The Morgan fingerprint density at radius 3 is 2.36 bits per heavy atom. The quantitative estimate of drug-likeness (QED) is 0.314. The van der Waals surface area contributed by atoms with Crippen molar-refractivity contribution in [1.82, 2.24) is 0 Å². The zero-order chi connectivity index (χ0) is 11.1. The van der Waals surface area contributed by atoms with Gasteiger partial charge in [0.15, 0.2) is 11.8 Å². The van der Waals surface area contributed by atoms with Gasteiger partial charge in [-0.3, -0.25) is 4.79 Å². The first-order valence-electron chi connectivity index (χ1n) is 4.03. The Balaban J connectivity index is 3.00. The van der Waals surface area contributed by atoms with Gasteiger partial charge in [0.25, 0.3) is 0 Å². The summed E-state index contributed by atoms with van der Waals surface area (Å²) in [6, 6.07) is 0. The summed E-state index contributed by atoms with van der Waals surface area (Å²) in [7, 11) is 0. The van der Waals surface area contributed by atoms with Gasteiger partial charge in [0, 0.05) is 0 Å². The van der Waals surface area contributed by atoms with E-state index in [1.165, 1.54) is 6.92 Å². The first kappa shape index (κ1) is 11.3. The Morgan fingerprint density at radius 1 is 1.43 bits per heavy atom. The second kappa shape index (κ2) is 3.44. The number of aliphatic hydroxyl groups excluding tert-OH is 3. The third-order valence-electron chi connectivity index (χ3n) is 2.49. The summed E-state index contributed by atoms with van der Waals surface area (Å²) in [5, 5.41) is 36.4. The second-order valence-corrected chi connectivity index (χ2v) is 3.34. The number of nitrogens with two attached hydrogens (primary N) is 1. The number of carboxylic acids is 1. The van der Waals surface area contributed by atoms with E-state index in [4.69, 9.17) is 15.9 Å². The highest BCUT2D eigenvalue weighted by atomic mass is 16.6. The average Bonchev–Trinajstić information content (AvgIpc) is 2.11. The largest absolute Gasteiger partial charge is 0.480 e. The Morgan fingerprint density at radius 2 is 1.93 bits per heavy atom. The van der Waals surface area contributed by atoms with E-state index >= 15 is 0 Å². The van der Waals surface area contributed by atoms with Crippen molar-refractivity contribution in [2.75, 3.05) is 0 Å². The van der Waals surface area contributed by atoms with Crippen molar-refractivity contribution in [2.24, 2.45) is 5.73 Å². The second-order valence-electron chi connectivity index (χ2n) is 3.34. The van der Waals surface area contributed by atoms with Gasteiger partial charge >= 0.3 is 5.97 Å². The number of carbonyl (C=O) groups is 1. The molecule has 1 saturated heterocycles. The molecule has 1 heterocycles. The molecule has 6 N–H and O–H groups in total. The van der Waals surface area contributed by atoms with Crippen LogP contribution in [0.2, 0.25) is 0 Å². The number of hydrogen-bond acceptors (Lipinski definition) is 6. The monoisotopic (exact) mass is 207 g/mol. The molecule has 1 aliphatic heterocycles. The number of aliphatic hydroxyl groups is 3. The van der Waals surface area contributed by atoms with Crippen molar-refractivity contribution in [3.63, 3.8) is 0 Å². The normalized spacial score (nSPS) is 48.9. The minimum absolute atomic E-state index is 1.10. The predicted molar refractivity (Wildman–Crippen MR) is 43.1 cm³/mol. The molecule has 0 radical (unpaired) electrons. The molecule has 0 aromatic carbocycles. The van der Waals surface area contributed by atoms with E-state index in [0.29, 0.717) is 0 Å². The highest BCUT2D eigenvalue weighted by Crippen LogP contribution is 2.27. The minimum atomic E-state index is -2.11. The number of rotatable bonds is 1. The van der Waals surface area contributed by atoms with Crippen molar-refractivity contribution >= 4 is 5.97 Å². The van der Waals surface area contributed by atoms with Gasteiger partial charge in [-0.05, 0) is 6.92 Å². The number of aliphatic carboxylic acids is 1. The summed E-state index contributed by atoms with van der Waals surface area (Å²) in [6.07, 6.45) is -6.24. The summed E-state index contributed by atoms with van der Waals surface area (Å²) in [4.78, 5) is 10.8. The molecule has 1 rings (SSSR count). The molecule has 0 spiro atoms. The van der Waals surface area contributed by atoms with E-state index in [9.17, 15) is 15.0 Å². The van der Waals surface area contributed by atoms with Gasteiger partial charge < -0.3 is 30.9 Å². The topological polar surface area (TPSA) is 133 Å². The fraction of sp³-hybridized carbons (Fsp3) is 0.857. The van der Waals surface area contributed by atoms with Crippen molar-refractivity contribution in [2.45, 2.75) is 37.1 Å². The van der Waals surface area contributed by atoms with E-state index in [1.54, 1.807) is 0 Å². The Kier molecular flexibility index (Phi) is 2.79. The summed E-state index contributed by atoms with van der Waals surface area (Å²) < 4.78 is 4.69. The summed E-state index contributed by atoms with van der Waals surface area (Å²) in [6.45, 7) is 1.30. The number of carboxylic acid groups (broad SMARTS) is 1. The Bertz CT molecular complexity index is 246. The maximum Gasteiger partial charge on any atom is 0.329 e. The third kappa shape index (κ3) is 1.39. The molecule has 0 amide bonds. The van der Waals surface area contributed by atoms with Gasteiger partial charge in [0.2, 0.25) is 0 Å². The molecule has 82 valence electrons. The fourth-order valence-electron chi connectivity index (χ4n) is 1.38. The van der Waals surface area contributed by atoms with E-state index in [-0.39, 0.29) is 0 Å². The van der Waals surface area contributed by atoms with Gasteiger partial charge in [-0.2, -0.15) is 0 Å². The Labute approximate surface area is 79.7 Å². The van der Waals surface area contributed by atoms with Crippen molar-refractivity contribution in [3.05, 3.63) is 0 Å². The standard InChI is InChI=1S/C7H13NO6/c1-2-7(8,6(12)13)4(10)3(9)5(11)14-2/h2-5,9-11H,8H2,1H3,(H,12,13)/t2?,3-,4+,5-,7-/m1/s1. The molecule has 14 heavy (non-hydrogen) atoms. The molecular formula is C7H13NO6. The molecule has 1 fully saturated rings. The summed E-state index contributed by atoms with van der Waals surface area (Å²) in [5.74, 6) is -1.50. The molecule has 0 bridgehead atoms. The molecule has 7 heteroatoms. The molecular weight excluding hydrogens is 194 g/mol.